The predicted octanol–water partition coefficient (Wildman–Crippen LogP) is 4.46. The van der Waals surface area contributed by atoms with Gasteiger partial charge in [0.1, 0.15) is 5.82 Å². The highest BCUT2D eigenvalue weighted by atomic mass is 35.5. The third-order valence-electron chi connectivity index (χ3n) is 2.60. The van der Waals surface area contributed by atoms with E-state index in [1.54, 1.807) is 0 Å². The molecule has 2 N–H and O–H groups in total. The van der Waals surface area contributed by atoms with Crippen molar-refractivity contribution in [2.24, 2.45) is 5.73 Å². The summed E-state index contributed by atoms with van der Waals surface area (Å²) in [7, 11) is 0. The Bertz CT molecular complexity index is 379. The molecule has 0 unspecified atom stereocenters. The number of benzene rings is 1. The van der Waals surface area contributed by atoms with Gasteiger partial charge in [0.2, 0.25) is 0 Å². The Morgan fingerprint density at radius 3 is 2.39 bits per heavy atom. The van der Waals surface area contributed by atoms with Gasteiger partial charge in [-0.2, -0.15) is 13.2 Å². The first kappa shape index (κ1) is 17.2. The fourth-order valence-corrected chi connectivity index (χ4v) is 1.73. The van der Waals surface area contributed by atoms with Gasteiger partial charge in [-0.05, 0) is 18.1 Å². The Hall–Kier alpha value is -0.810. The standard InChI is InChI=1S/C12H15F4N.ClH/c1-2-3-7-10(17)8-5-4-6-9(13)11(8)12(14,15)16;/h4-6,10H,2-3,7,17H2,1H3;1H/t10-;/m1./s1. The first-order chi connectivity index (χ1) is 7.88. The fourth-order valence-electron chi connectivity index (χ4n) is 1.73. The summed E-state index contributed by atoms with van der Waals surface area (Å²) in [6.07, 6.45) is -2.73. The summed E-state index contributed by atoms with van der Waals surface area (Å²) in [6.45, 7) is 1.92. The average Bonchev–Trinajstić information content (AvgIpc) is 2.23. The maximum atomic E-state index is 13.3. The third-order valence-corrected chi connectivity index (χ3v) is 2.60. The highest BCUT2D eigenvalue weighted by Crippen LogP contribution is 2.36. The monoisotopic (exact) mass is 285 g/mol. The summed E-state index contributed by atoms with van der Waals surface area (Å²) in [4.78, 5) is 0. The molecule has 0 bridgehead atoms. The topological polar surface area (TPSA) is 26.0 Å². The molecule has 0 saturated carbocycles. The lowest BCUT2D eigenvalue weighted by Gasteiger charge is -2.18. The molecule has 1 aromatic carbocycles. The number of unbranched alkanes of at least 4 members (excludes halogenated alkanes) is 1. The quantitative estimate of drug-likeness (QED) is 0.812. The van der Waals surface area contributed by atoms with E-state index in [1.165, 1.54) is 12.1 Å². The summed E-state index contributed by atoms with van der Waals surface area (Å²) in [5, 5.41) is 0. The molecule has 1 nitrogen and oxygen atoms in total. The minimum Gasteiger partial charge on any atom is -0.324 e. The molecule has 18 heavy (non-hydrogen) atoms. The van der Waals surface area contributed by atoms with Gasteiger partial charge in [0.05, 0.1) is 5.56 Å². The minimum absolute atomic E-state index is 0. The van der Waals surface area contributed by atoms with E-state index in [-0.39, 0.29) is 18.0 Å². The Kier molecular flexibility index (Phi) is 6.63. The zero-order valence-corrected chi connectivity index (χ0v) is 10.7. The Morgan fingerprint density at radius 2 is 1.89 bits per heavy atom. The van der Waals surface area contributed by atoms with Crippen molar-refractivity contribution in [3.8, 4) is 0 Å². The average molecular weight is 286 g/mol. The molecule has 0 spiro atoms. The van der Waals surface area contributed by atoms with Crippen LogP contribution in [-0.2, 0) is 6.18 Å². The normalized spacial score (nSPS) is 13.0. The molecule has 0 saturated heterocycles. The molecule has 0 aliphatic rings. The largest absolute Gasteiger partial charge is 0.419 e. The van der Waals surface area contributed by atoms with Crippen molar-refractivity contribution in [2.45, 2.75) is 38.4 Å². The van der Waals surface area contributed by atoms with Crippen LogP contribution >= 0.6 is 12.4 Å². The summed E-state index contributed by atoms with van der Waals surface area (Å²) in [5.41, 5.74) is 4.29. The van der Waals surface area contributed by atoms with Gasteiger partial charge in [0.25, 0.3) is 0 Å². The van der Waals surface area contributed by atoms with Gasteiger partial charge in [0, 0.05) is 6.04 Å². The van der Waals surface area contributed by atoms with Crippen molar-refractivity contribution < 1.29 is 17.6 Å². The zero-order valence-electron chi connectivity index (χ0n) is 9.93. The van der Waals surface area contributed by atoms with Crippen LogP contribution < -0.4 is 5.73 Å². The highest BCUT2D eigenvalue weighted by Gasteiger charge is 2.37. The van der Waals surface area contributed by atoms with Crippen LogP contribution in [0.1, 0.15) is 43.4 Å². The van der Waals surface area contributed by atoms with E-state index in [0.717, 1.165) is 18.9 Å². The van der Waals surface area contributed by atoms with Crippen LogP contribution in [0.4, 0.5) is 17.6 Å². The Morgan fingerprint density at radius 1 is 1.28 bits per heavy atom. The first-order valence-electron chi connectivity index (χ1n) is 5.49. The molecule has 0 radical (unpaired) electrons. The summed E-state index contributed by atoms with van der Waals surface area (Å²) in [6, 6.07) is 2.53. The molecule has 0 amide bonds. The molecular formula is C12H16ClF4N. The minimum atomic E-state index is -4.70. The summed E-state index contributed by atoms with van der Waals surface area (Å²) < 4.78 is 51.3. The molecular weight excluding hydrogens is 270 g/mol. The van der Waals surface area contributed by atoms with Gasteiger partial charge in [-0.3, -0.25) is 0 Å². The molecule has 0 aromatic heterocycles. The van der Waals surface area contributed by atoms with E-state index in [1.807, 2.05) is 6.92 Å². The van der Waals surface area contributed by atoms with Crippen LogP contribution in [0.2, 0.25) is 0 Å². The second kappa shape index (κ2) is 6.95. The second-order valence-electron chi connectivity index (χ2n) is 3.95. The van der Waals surface area contributed by atoms with E-state index in [0.29, 0.717) is 6.42 Å². The van der Waals surface area contributed by atoms with Crippen molar-refractivity contribution in [2.75, 3.05) is 0 Å². The maximum absolute atomic E-state index is 13.3. The van der Waals surface area contributed by atoms with Gasteiger partial charge in [-0.25, -0.2) is 4.39 Å². The lowest BCUT2D eigenvalue weighted by Crippen LogP contribution is -2.19. The molecule has 1 rings (SSSR count). The van der Waals surface area contributed by atoms with Crippen LogP contribution in [0, 0.1) is 5.82 Å². The van der Waals surface area contributed by atoms with E-state index < -0.39 is 23.6 Å². The van der Waals surface area contributed by atoms with Gasteiger partial charge < -0.3 is 5.73 Å². The molecule has 1 aromatic rings. The number of rotatable bonds is 4. The first-order valence-corrected chi connectivity index (χ1v) is 5.49. The molecule has 104 valence electrons. The molecule has 0 aliphatic carbocycles. The van der Waals surface area contributed by atoms with Crippen LogP contribution in [0.5, 0.6) is 0 Å². The van der Waals surface area contributed by atoms with Crippen LogP contribution in [0.15, 0.2) is 18.2 Å². The van der Waals surface area contributed by atoms with Gasteiger partial charge in [0.15, 0.2) is 0 Å². The number of nitrogens with two attached hydrogens (primary N) is 1. The molecule has 6 heteroatoms. The summed E-state index contributed by atoms with van der Waals surface area (Å²) in [5.74, 6) is -1.26. The Balaban J connectivity index is 0.00000289. The molecule has 0 heterocycles. The molecule has 0 aliphatic heterocycles. The van der Waals surface area contributed by atoms with E-state index in [9.17, 15) is 17.6 Å². The fraction of sp³-hybridized carbons (Fsp3) is 0.500. The SMILES string of the molecule is CCCC[C@@H](N)c1cccc(F)c1C(F)(F)F.Cl. The van der Waals surface area contributed by atoms with Gasteiger partial charge in [-0.15, -0.1) is 12.4 Å². The number of hydrogen-bond donors (Lipinski definition) is 1. The maximum Gasteiger partial charge on any atom is 0.419 e. The predicted molar refractivity (Wildman–Crippen MR) is 65.1 cm³/mol. The van der Waals surface area contributed by atoms with Crippen LogP contribution in [0.3, 0.4) is 0 Å². The smallest absolute Gasteiger partial charge is 0.324 e. The van der Waals surface area contributed by atoms with Crippen molar-refractivity contribution in [3.05, 3.63) is 35.1 Å². The van der Waals surface area contributed by atoms with Crippen molar-refractivity contribution in [1.82, 2.24) is 0 Å². The van der Waals surface area contributed by atoms with E-state index in [4.69, 9.17) is 5.73 Å². The van der Waals surface area contributed by atoms with E-state index >= 15 is 0 Å². The van der Waals surface area contributed by atoms with Crippen molar-refractivity contribution in [3.63, 3.8) is 0 Å². The summed E-state index contributed by atoms with van der Waals surface area (Å²) >= 11 is 0. The zero-order chi connectivity index (χ0) is 13.1. The number of hydrogen-bond acceptors (Lipinski definition) is 1. The van der Waals surface area contributed by atoms with Crippen molar-refractivity contribution in [1.29, 1.82) is 0 Å². The van der Waals surface area contributed by atoms with Crippen molar-refractivity contribution >= 4 is 12.4 Å². The lowest BCUT2D eigenvalue weighted by atomic mass is 9.96. The van der Waals surface area contributed by atoms with Crippen LogP contribution in [-0.4, -0.2) is 0 Å². The number of alkyl halides is 3. The Labute approximate surface area is 110 Å². The second-order valence-corrected chi connectivity index (χ2v) is 3.95. The molecule has 1 atom stereocenters. The highest BCUT2D eigenvalue weighted by molar-refractivity contribution is 5.85. The molecule has 0 fully saturated rings. The lowest BCUT2D eigenvalue weighted by molar-refractivity contribution is -0.140. The van der Waals surface area contributed by atoms with E-state index in [2.05, 4.69) is 0 Å². The van der Waals surface area contributed by atoms with Gasteiger partial charge in [-0.1, -0.05) is 31.9 Å². The van der Waals surface area contributed by atoms with Crippen LogP contribution in [0.25, 0.3) is 0 Å². The number of halogens is 5. The third kappa shape index (κ3) is 4.14. The van der Waals surface area contributed by atoms with Gasteiger partial charge >= 0.3 is 6.18 Å².